The molecule has 1 aliphatic rings. The third kappa shape index (κ3) is 4.92. The lowest BCUT2D eigenvalue weighted by Gasteiger charge is -2.41. The highest BCUT2D eigenvalue weighted by Gasteiger charge is 2.43. The second kappa shape index (κ2) is 9.52. The zero-order chi connectivity index (χ0) is 20.0. The summed E-state index contributed by atoms with van der Waals surface area (Å²) in [6.07, 6.45) is 8.31. The Bertz CT molecular complexity index is 797. The average Bonchev–Trinajstić information content (AvgIpc) is 2.71. The molecule has 6 heteroatoms. The molecule has 0 aliphatic carbocycles. The summed E-state index contributed by atoms with van der Waals surface area (Å²) >= 11 is 1.54. The van der Waals surface area contributed by atoms with E-state index in [9.17, 15) is 4.79 Å². The fourth-order valence-electron chi connectivity index (χ4n) is 3.99. The Balaban J connectivity index is 1.80. The van der Waals surface area contributed by atoms with Crippen LogP contribution in [0.2, 0.25) is 0 Å². The first-order valence-electron chi connectivity index (χ1n) is 9.85. The number of piperidine rings is 1. The van der Waals surface area contributed by atoms with Crippen LogP contribution in [0.3, 0.4) is 0 Å². The van der Waals surface area contributed by atoms with Crippen molar-refractivity contribution >= 4 is 17.7 Å². The largest absolute Gasteiger partial charge is 0.466 e. The van der Waals surface area contributed by atoms with Crippen LogP contribution in [-0.4, -0.2) is 46.8 Å². The van der Waals surface area contributed by atoms with Gasteiger partial charge in [-0.25, -0.2) is 9.97 Å². The lowest BCUT2D eigenvalue weighted by molar-refractivity contribution is -0.159. The number of esters is 1. The number of nitrogens with zero attached hydrogens (tertiary/aromatic N) is 3. The molecule has 28 heavy (non-hydrogen) atoms. The molecule has 3 rings (SSSR count). The maximum absolute atomic E-state index is 13.0. The maximum Gasteiger partial charge on any atom is 0.313 e. The number of likely N-dealkylation sites (tertiary alicyclic amines) is 1. The van der Waals surface area contributed by atoms with Crippen molar-refractivity contribution in [3.8, 4) is 0 Å². The van der Waals surface area contributed by atoms with Gasteiger partial charge in [0.05, 0.1) is 12.0 Å². The van der Waals surface area contributed by atoms with E-state index in [-0.39, 0.29) is 5.97 Å². The number of rotatable bonds is 7. The molecular formula is C22H29N3O2S. The first-order chi connectivity index (χ1) is 13.6. The molecule has 1 aliphatic heterocycles. The van der Waals surface area contributed by atoms with E-state index in [0.29, 0.717) is 13.2 Å². The van der Waals surface area contributed by atoms with Gasteiger partial charge in [0.2, 0.25) is 0 Å². The van der Waals surface area contributed by atoms with E-state index in [4.69, 9.17) is 4.74 Å². The number of benzene rings is 1. The van der Waals surface area contributed by atoms with Crippen LogP contribution in [0.15, 0.2) is 41.8 Å². The molecule has 2 aromatic rings. The molecule has 0 unspecified atom stereocenters. The van der Waals surface area contributed by atoms with Crippen LogP contribution in [0.4, 0.5) is 0 Å². The molecule has 150 valence electrons. The molecule has 5 nitrogen and oxygen atoms in total. The van der Waals surface area contributed by atoms with Gasteiger partial charge in [0.25, 0.3) is 0 Å². The van der Waals surface area contributed by atoms with E-state index in [1.807, 2.05) is 37.7 Å². The van der Waals surface area contributed by atoms with Crippen molar-refractivity contribution in [2.24, 2.45) is 5.41 Å². The zero-order valence-electron chi connectivity index (χ0n) is 17.0. The molecular weight excluding hydrogens is 370 g/mol. The van der Waals surface area contributed by atoms with E-state index in [1.165, 1.54) is 22.9 Å². The molecule has 0 amide bonds. The van der Waals surface area contributed by atoms with Gasteiger partial charge >= 0.3 is 5.97 Å². The quantitative estimate of drug-likeness (QED) is 0.400. The number of aromatic nitrogens is 2. The van der Waals surface area contributed by atoms with Gasteiger partial charge in [0, 0.05) is 31.0 Å². The number of carbonyl (C=O) groups excluding carboxylic acids is 1. The summed E-state index contributed by atoms with van der Waals surface area (Å²) in [5.41, 5.74) is 3.03. The van der Waals surface area contributed by atoms with Crippen LogP contribution in [0, 0.1) is 12.3 Å². The minimum atomic E-state index is -0.500. The van der Waals surface area contributed by atoms with Gasteiger partial charge in [-0.3, -0.25) is 9.69 Å². The summed E-state index contributed by atoms with van der Waals surface area (Å²) in [7, 11) is 0. The molecule has 1 saturated heterocycles. The molecule has 0 bridgehead atoms. The Kier molecular flexibility index (Phi) is 7.08. The second-order valence-corrected chi connectivity index (χ2v) is 8.27. The van der Waals surface area contributed by atoms with Gasteiger partial charge in [0.1, 0.15) is 0 Å². The van der Waals surface area contributed by atoms with E-state index < -0.39 is 5.41 Å². The molecule has 1 aromatic heterocycles. The van der Waals surface area contributed by atoms with E-state index in [0.717, 1.165) is 43.1 Å². The minimum absolute atomic E-state index is 0.0723. The van der Waals surface area contributed by atoms with Crippen molar-refractivity contribution in [1.29, 1.82) is 0 Å². The molecule has 0 saturated carbocycles. The number of carbonyl (C=O) groups is 1. The van der Waals surface area contributed by atoms with Crippen molar-refractivity contribution in [3.05, 3.63) is 53.3 Å². The van der Waals surface area contributed by atoms with Crippen molar-refractivity contribution in [2.45, 2.75) is 44.8 Å². The lowest BCUT2D eigenvalue weighted by Crippen LogP contribution is -2.49. The molecule has 0 spiro atoms. The Morgan fingerprint density at radius 1 is 1.29 bits per heavy atom. The SMILES string of the molecule is CCOC(=O)[C@@]1(Cc2ccccc2C)CCCN(Cc2cnc(SC)nc2)C1. The lowest BCUT2D eigenvalue weighted by atomic mass is 9.74. The predicted molar refractivity (Wildman–Crippen MR) is 112 cm³/mol. The summed E-state index contributed by atoms with van der Waals surface area (Å²) in [5, 5.41) is 0.780. The molecule has 0 N–H and O–H groups in total. The fraction of sp³-hybridized carbons (Fsp3) is 0.500. The van der Waals surface area contributed by atoms with Crippen molar-refractivity contribution < 1.29 is 9.53 Å². The molecule has 1 aromatic carbocycles. The first-order valence-corrected chi connectivity index (χ1v) is 11.1. The molecule has 2 heterocycles. The highest BCUT2D eigenvalue weighted by molar-refractivity contribution is 7.98. The Morgan fingerprint density at radius 3 is 2.71 bits per heavy atom. The molecule has 1 fully saturated rings. The van der Waals surface area contributed by atoms with Crippen molar-refractivity contribution in [3.63, 3.8) is 0 Å². The topological polar surface area (TPSA) is 55.3 Å². The van der Waals surface area contributed by atoms with E-state index >= 15 is 0 Å². The molecule has 0 radical (unpaired) electrons. The van der Waals surface area contributed by atoms with Crippen molar-refractivity contribution in [2.75, 3.05) is 26.0 Å². The number of hydrogen-bond acceptors (Lipinski definition) is 6. The predicted octanol–water partition coefficient (Wildman–Crippen LogP) is 3.89. The van der Waals surface area contributed by atoms with Crippen LogP contribution < -0.4 is 0 Å². The van der Waals surface area contributed by atoms with Crippen LogP contribution in [-0.2, 0) is 22.5 Å². The zero-order valence-corrected chi connectivity index (χ0v) is 17.8. The number of thioether (sulfide) groups is 1. The summed E-state index contributed by atoms with van der Waals surface area (Å²) < 4.78 is 5.53. The molecule has 1 atom stereocenters. The summed E-state index contributed by atoms with van der Waals surface area (Å²) in [4.78, 5) is 24.1. The first kappa shape index (κ1) is 20.8. The van der Waals surface area contributed by atoms with Gasteiger partial charge in [-0.2, -0.15) is 0 Å². The maximum atomic E-state index is 13.0. The number of ether oxygens (including phenoxy) is 1. The second-order valence-electron chi connectivity index (χ2n) is 7.50. The van der Waals surface area contributed by atoms with Gasteiger partial charge in [0.15, 0.2) is 5.16 Å². The standard InChI is InChI=1S/C22H29N3O2S/c1-4-27-20(26)22(12-19-9-6-5-8-17(19)2)10-7-11-25(16-22)15-18-13-23-21(28-3)24-14-18/h5-6,8-9,13-14H,4,7,10-12,15-16H2,1-3H3/t22-/m1/s1. The summed E-state index contributed by atoms with van der Waals surface area (Å²) in [5.74, 6) is -0.0723. The summed E-state index contributed by atoms with van der Waals surface area (Å²) in [6.45, 7) is 6.83. The monoisotopic (exact) mass is 399 g/mol. The fourth-order valence-corrected chi connectivity index (χ4v) is 4.31. The average molecular weight is 400 g/mol. The van der Waals surface area contributed by atoms with Crippen LogP contribution >= 0.6 is 11.8 Å². The Hall–Kier alpha value is -1.92. The Morgan fingerprint density at radius 2 is 2.04 bits per heavy atom. The van der Waals surface area contributed by atoms with E-state index in [2.05, 4.69) is 33.9 Å². The highest BCUT2D eigenvalue weighted by Crippen LogP contribution is 2.36. The van der Waals surface area contributed by atoms with Crippen LogP contribution in [0.25, 0.3) is 0 Å². The minimum Gasteiger partial charge on any atom is -0.466 e. The van der Waals surface area contributed by atoms with Gasteiger partial charge in [-0.05, 0) is 57.0 Å². The third-order valence-electron chi connectivity index (χ3n) is 5.42. The van der Waals surface area contributed by atoms with Gasteiger partial charge in [-0.1, -0.05) is 36.0 Å². The summed E-state index contributed by atoms with van der Waals surface area (Å²) in [6, 6.07) is 8.33. The Labute approximate surface area is 171 Å². The van der Waals surface area contributed by atoms with Crippen LogP contribution in [0.1, 0.15) is 36.5 Å². The smallest absolute Gasteiger partial charge is 0.313 e. The van der Waals surface area contributed by atoms with E-state index in [1.54, 1.807) is 0 Å². The van der Waals surface area contributed by atoms with Crippen molar-refractivity contribution in [1.82, 2.24) is 14.9 Å². The normalized spacial score (nSPS) is 20.1. The highest BCUT2D eigenvalue weighted by atomic mass is 32.2. The number of aryl methyl sites for hydroxylation is 1. The number of hydrogen-bond donors (Lipinski definition) is 0. The van der Waals surface area contributed by atoms with Crippen LogP contribution in [0.5, 0.6) is 0 Å². The van der Waals surface area contributed by atoms with Gasteiger partial charge < -0.3 is 4.74 Å². The van der Waals surface area contributed by atoms with Gasteiger partial charge in [-0.15, -0.1) is 0 Å². The third-order valence-corrected chi connectivity index (χ3v) is 6.00.